The van der Waals surface area contributed by atoms with Crippen molar-refractivity contribution < 1.29 is 8.42 Å². The maximum atomic E-state index is 12.4. The van der Waals surface area contributed by atoms with Gasteiger partial charge < -0.3 is 0 Å². The van der Waals surface area contributed by atoms with Crippen LogP contribution in [0.2, 0.25) is 0 Å². The molecule has 0 bridgehead atoms. The summed E-state index contributed by atoms with van der Waals surface area (Å²) in [5, 5.41) is 1.79. The average Bonchev–Trinajstić information content (AvgIpc) is 3.10. The van der Waals surface area contributed by atoms with Crippen LogP contribution >= 0.6 is 11.3 Å². The molecule has 0 fully saturated rings. The summed E-state index contributed by atoms with van der Waals surface area (Å²) in [7, 11) is -3.40. The molecule has 4 nitrogen and oxygen atoms in total. The van der Waals surface area contributed by atoms with Gasteiger partial charge in [0.15, 0.2) is 0 Å². The van der Waals surface area contributed by atoms with Crippen LogP contribution in [0.4, 0.5) is 0 Å². The molecule has 1 aromatic carbocycles. The van der Waals surface area contributed by atoms with Gasteiger partial charge in [0.25, 0.3) is 0 Å². The zero-order valence-corrected chi connectivity index (χ0v) is 15.7. The molecule has 0 aliphatic carbocycles. The zero-order chi connectivity index (χ0) is 17.2. The third kappa shape index (κ3) is 3.88. The molecule has 1 N–H and O–H groups in total. The minimum Gasteiger partial charge on any atom is -0.294 e. The molecule has 0 amide bonds. The van der Waals surface area contributed by atoms with Crippen LogP contribution in [0.1, 0.15) is 25.0 Å². The smallest absolute Gasteiger partial charge is 0.250 e. The Bertz CT molecular complexity index is 770. The number of thiophene rings is 1. The number of hydrogen-bond donors (Lipinski definition) is 1. The van der Waals surface area contributed by atoms with Crippen molar-refractivity contribution in [1.82, 2.24) is 9.62 Å². The van der Waals surface area contributed by atoms with Crippen molar-refractivity contribution in [3.05, 3.63) is 52.9 Å². The number of nitrogens with one attached hydrogen (secondary N) is 1. The first-order chi connectivity index (χ1) is 11.5. The first kappa shape index (κ1) is 17.6. The number of sulfonamides is 1. The Kier molecular flexibility index (Phi) is 5.39. The van der Waals surface area contributed by atoms with E-state index in [1.807, 2.05) is 0 Å². The van der Waals surface area contributed by atoms with Crippen LogP contribution in [0, 0.1) is 5.92 Å². The second-order valence-electron chi connectivity index (χ2n) is 6.58. The first-order valence-electron chi connectivity index (χ1n) is 8.31. The number of nitrogens with zero attached hydrogens (tertiary/aromatic N) is 1. The van der Waals surface area contributed by atoms with Crippen LogP contribution in [-0.2, 0) is 23.0 Å². The topological polar surface area (TPSA) is 49.4 Å². The van der Waals surface area contributed by atoms with Crippen molar-refractivity contribution in [2.24, 2.45) is 5.92 Å². The Morgan fingerprint density at radius 3 is 2.58 bits per heavy atom. The summed E-state index contributed by atoms with van der Waals surface area (Å²) in [6.07, 6.45) is 1.02. The highest BCUT2D eigenvalue weighted by atomic mass is 32.2. The summed E-state index contributed by atoms with van der Waals surface area (Å²) in [5.41, 5.74) is 2.77. The Morgan fingerprint density at radius 2 is 1.92 bits per heavy atom. The van der Waals surface area contributed by atoms with E-state index < -0.39 is 10.0 Å². The Hall–Kier alpha value is -1.21. The number of fused-ring (bicyclic) bond motifs is 1. The minimum absolute atomic E-state index is 0.188. The Labute approximate surface area is 148 Å². The summed E-state index contributed by atoms with van der Waals surface area (Å²) in [4.78, 5) is 2.41. The fourth-order valence-corrected chi connectivity index (χ4v) is 5.36. The van der Waals surface area contributed by atoms with Gasteiger partial charge in [0, 0.05) is 25.7 Å². The molecule has 0 saturated heterocycles. The molecule has 1 aliphatic rings. The molecule has 1 atom stereocenters. The van der Waals surface area contributed by atoms with Crippen LogP contribution in [0.15, 0.2) is 46.0 Å². The van der Waals surface area contributed by atoms with Crippen LogP contribution in [-0.4, -0.2) is 32.4 Å². The van der Waals surface area contributed by atoms with Crippen LogP contribution in [0.3, 0.4) is 0 Å². The SMILES string of the molecule is CC(C)[C@H](CNS(=O)(=O)c1cccs1)N1CCc2ccccc2C1. The highest BCUT2D eigenvalue weighted by Crippen LogP contribution is 2.23. The van der Waals surface area contributed by atoms with Gasteiger partial charge in [0.05, 0.1) is 0 Å². The van der Waals surface area contributed by atoms with E-state index in [9.17, 15) is 8.42 Å². The standard InChI is InChI=1S/C18H24N2O2S2/c1-14(2)17(12-19-24(21,22)18-8-5-11-23-18)20-10-9-15-6-3-4-7-16(15)13-20/h3-8,11,14,17,19H,9-10,12-13H2,1-2H3/t17-/m0/s1. The third-order valence-corrected chi connectivity index (χ3v) is 7.46. The summed E-state index contributed by atoms with van der Waals surface area (Å²) in [6.45, 7) is 6.62. The van der Waals surface area contributed by atoms with E-state index in [4.69, 9.17) is 0 Å². The Morgan fingerprint density at radius 1 is 1.17 bits per heavy atom. The average molecular weight is 365 g/mol. The van der Waals surface area contributed by atoms with Crippen molar-refractivity contribution in [1.29, 1.82) is 0 Å². The van der Waals surface area contributed by atoms with Gasteiger partial charge in [-0.25, -0.2) is 13.1 Å². The molecule has 6 heteroatoms. The van der Waals surface area contributed by atoms with Gasteiger partial charge in [-0.2, -0.15) is 0 Å². The lowest BCUT2D eigenvalue weighted by Gasteiger charge is -2.37. The molecule has 1 aromatic heterocycles. The molecule has 130 valence electrons. The van der Waals surface area contributed by atoms with E-state index in [0.717, 1.165) is 19.5 Å². The van der Waals surface area contributed by atoms with E-state index in [1.165, 1.54) is 22.5 Å². The lowest BCUT2D eigenvalue weighted by molar-refractivity contribution is 0.141. The fourth-order valence-electron chi connectivity index (χ4n) is 3.27. The fraction of sp³-hybridized carbons (Fsp3) is 0.444. The molecule has 0 radical (unpaired) electrons. The largest absolute Gasteiger partial charge is 0.294 e. The van der Waals surface area contributed by atoms with Gasteiger partial charge in [-0.15, -0.1) is 11.3 Å². The highest BCUT2D eigenvalue weighted by Gasteiger charge is 2.27. The summed E-state index contributed by atoms with van der Waals surface area (Å²) < 4.78 is 28.0. The molecule has 1 aliphatic heterocycles. The van der Waals surface area contributed by atoms with E-state index in [-0.39, 0.29) is 6.04 Å². The molecule has 0 unspecified atom stereocenters. The monoisotopic (exact) mass is 364 g/mol. The van der Waals surface area contributed by atoms with Crippen LogP contribution in [0.5, 0.6) is 0 Å². The molecule has 2 heterocycles. The predicted molar refractivity (Wildman–Crippen MR) is 98.7 cm³/mol. The van der Waals surface area contributed by atoms with Gasteiger partial charge in [-0.1, -0.05) is 44.2 Å². The normalized spacial score (nSPS) is 17.0. The second-order valence-corrected chi connectivity index (χ2v) is 9.53. The van der Waals surface area contributed by atoms with E-state index in [1.54, 1.807) is 17.5 Å². The summed E-state index contributed by atoms with van der Waals surface area (Å²) in [5.74, 6) is 0.376. The lowest BCUT2D eigenvalue weighted by Crippen LogP contribution is -2.48. The summed E-state index contributed by atoms with van der Waals surface area (Å²) in [6, 6.07) is 12.1. The van der Waals surface area contributed by atoms with Crippen molar-refractivity contribution in [3.63, 3.8) is 0 Å². The first-order valence-corrected chi connectivity index (χ1v) is 10.7. The summed E-state index contributed by atoms with van der Waals surface area (Å²) >= 11 is 1.25. The highest BCUT2D eigenvalue weighted by molar-refractivity contribution is 7.91. The molecular weight excluding hydrogens is 340 g/mol. The maximum absolute atomic E-state index is 12.4. The molecule has 0 saturated carbocycles. The van der Waals surface area contributed by atoms with E-state index in [2.05, 4.69) is 47.7 Å². The molecular formula is C18H24N2O2S2. The predicted octanol–water partition coefficient (Wildman–Crippen LogP) is 3.11. The van der Waals surface area contributed by atoms with Gasteiger partial charge >= 0.3 is 0 Å². The molecule has 3 rings (SSSR count). The molecule has 0 spiro atoms. The van der Waals surface area contributed by atoms with Gasteiger partial charge in [0.1, 0.15) is 4.21 Å². The van der Waals surface area contributed by atoms with E-state index in [0.29, 0.717) is 16.7 Å². The number of benzene rings is 1. The van der Waals surface area contributed by atoms with Crippen molar-refractivity contribution in [2.75, 3.05) is 13.1 Å². The van der Waals surface area contributed by atoms with Crippen molar-refractivity contribution in [3.8, 4) is 0 Å². The minimum atomic E-state index is -3.40. The van der Waals surface area contributed by atoms with E-state index >= 15 is 0 Å². The second kappa shape index (κ2) is 7.35. The van der Waals surface area contributed by atoms with Gasteiger partial charge in [-0.05, 0) is 34.9 Å². The van der Waals surface area contributed by atoms with Crippen molar-refractivity contribution >= 4 is 21.4 Å². The van der Waals surface area contributed by atoms with Crippen LogP contribution in [0.25, 0.3) is 0 Å². The third-order valence-electron chi connectivity index (χ3n) is 4.64. The lowest BCUT2D eigenvalue weighted by atomic mass is 9.95. The van der Waals surface area contributed by atoms with Gasteiger partial charge in [-0.3, -0.25) is 4.90 Å². The van der Waals surface area contributed by atoms with Crippen molar-refractivity contribution in [2.45, 2.75) is 37.1 Å². The molecule has 2 aromatic rings. The maximum Gasteiger partial charge on any atom is 0.250 e. The van der Waals surface area contributed by atoms with Crippen LogP contribution < -0.4 is 4.72 Å². The quantitative estimate of drug-likeness (QED) is 0.857. The van der Waals surface area contributed by atoms with Gasteiger partial charge in [0.2, 0.25) is 10.0 Å². The number of rotatable bonds is 6. The molecule has 24 heavy (non-hydrogen) atoms. The Balaban J connectivity index is 1.70. The number of hydrogen-bond acceptors (Lipinski definition) is 4. The zero-order valence-electron chi connectivity index (χ0n) is 14.1.